The molecule has 0 saturated carbocycles. The van der Waals surface area contributed by atoms with Crippen molar-refractivity contribution in [1.29, 1.82) is 0 Å². The first-order valence-electron chi connectivity index (χ1n) is 6.82. The number of carbonyl (C=O) groups excluding carboxylic acids is 1. The third kappa shape index (κ3) is 3.18. The van der Waals surface area contributed by atoms with Crippen LogP contribution in [0.25, 0.3) is 10.2 Å². The molecule has 2 rings (SSSR count). The fourth-order valence-electron chi connectivity index (χ4n) is 1.99. The highest BCUT2D eigenvalue weighted by Gasteiger charge is 2.20. The number of primary amides is 1. The lowest BCUT2D eigenvalue weighted by Gasteiger charge is -2.13. The molecule has 0 aromatic carbocycles. The molecule has 0 aliphatic carbocycles. The zero-order valence-electron chi connectivity index (χ0n) is 13.0. The zero-order valence-corrected chi connectivity index (χ0v) is 14.6. The van der Waals surface area contributed by atoms with E-state index in [-0.39, 0.29) is 5.56 Å². The second-order valence-electron chi connectivity index (χ2n) is 4.97. The van der Waals surface area contributed by atoms with Crippen LogP contribution in [0.5, 0.6) is 0 Å². The second-order valence-corrected chi connectivity index (χ2v) is 7.48. The molecule has 0 aliphatic rings. The van der Waals surface area contributed by atoms with E-state index in [4.69, 9.17) is 10.5 Å². The third-order valence-electron chi connectivity index (χ3n) is 3.46. The summed E-state index contributed by atoms with van der Waals surface area (Å²) in [6, 6.07) is 0. The van der Waals surface area contributed by atoms with Gasteiger partial charge in [-0.2, -0.15) is 0 Å². The van der Waals surface area contributed by atoms with Crippen molar-refractivity contribution in [1.82, 2.24) is 9.55 Å². The number of hydrogen-bond donors (Lipinski definition) is 1. The monoisotopic (exact) mass is 341 g/mol. The van der Waals surface area contributed by atoms with Crippen molar-refractivity contribution in [2.75, 3.05) is 13.7 Å². The van der Waals surface area contributed by atoms with Crippen LogP contribution in [0.3, 0.4) is 0 Å². The molecule has 0 unspecified atom stereocenters. The van der Waals surface area contributed by atoms with Gasteiger partial charge in [0.2, 0.25) is 5.91 Å². The van der Waals surface area contributed by atoms with E-state index in [1.165, 1.54) is 23.1 Å². The highest BCUT2D eigenvalue weighted by atomic mass is 32.2. The van der Waals surface area contributed by atoms with Crippen molar-refractivity contribution in [3.05, 3.63) is 20.8 Å². The quantitative estimate of drug-likeness (QED) is 0.638. The largest absolute Gasteiger partial charge is 0.383 e. The average molecular weight is 341 g/mol. The molecule has 2 aromatic rings. The number of rotatable bonds is 6. The fourth-order valence-corrected chi connectivity index (χ4v) is 3.95. The number of nitrogens with two attached hydrogens (primary N) is 1. The van der Waals surface area contributed by atoms with Gasteiger partial charge in [-0.15, -0.1) is 11.3 Å². The normalized spacial score (nSPS) is 12.7. The Kier molecular flexibility index (Phi) is 5.25. The highest BCUT2D eigenvalue weighted by Crippen LogP contribution is 2.29. The SMILES string of the molecule is COCCn1c(S[C@H](C)C(N)=O)nc2sc(C)c(C)c2c1=O. The van der Waals surface area contributed by atoms with Gasteiger partial charge in [0.25, 0.3) is 5.56 Å². The molecule has 0 saturated heterocycles. The fraction of sp³-hybridized carbons (Fsp3) is 0.500. The van der Waals surface area contributed by atoms with Gasteiger partial charge in [-0.1, -0.05) is 11.8 Å². The van der Waals surface area contributed by atoms with Crippen molar-refractivity contribution in [2.24, 2.45) is 5.73 Å². The minimum Gasteiger partial charge on any atom is -0.383 e. The molecule has 2 N–H and O–H groups in total. The van der Waals surface area contributed by atoms with Crippen LogP contribution in [0.2, 0.25) is 0 Å². The molecule has 0 fully saturated rings. The molecule has 6 nitrogen and oxygen atoms in total. The number of nitrogens with zero attached hydrogens (tertiary/aromatic N) is 2. The maximum atomic E-state index is 12.8. The Bertz CT molecular complexity index is 767. The van der Waals surface area contributed by atoms with Crippen molar-refractivity contribution >= 4 is 39.2 Å². The van der Waals surface area contributed by atoms with Crippen molar-refractivity contribution in [2.45, 2.75) is 37.7 Å². The maximum Gasteiger partial charge on any atom is 0.263 e. The summed E-state index contributed by atoms with van der Waals surface area (Å²) in [6.45, 7) is 6.39. The first kappa shape index (κ1) is 17.0. The molecule has 0 aliphatic heterocycles. The van der Waals surface area contributed by atoms with Crippen LogP contribution >= 0.6 is 23.1 Å². The molecule has 2 heterocycles. The van der Waals surface area contributed by atoms with Crippen LogP contribution in [-0.4, -0.2) is 34.4 Å². The molecule has 2 aromatic heterocycles. The highest BCUT2D eigenvalue weighted by molar-refractivity contribution is 8.00. The van der Waals surface area contributed by atoms with Gasteiger partial charge in [-0.3, -0.25) is 14.2 Å². The van der Waals surface area contributed by atoms with E-state index < -0.39 is 11.2 Å². The molecule has 1 amide bonds. The summed E-state index contributed by atoms with van der Waals surface area (Å²) in [5.41, 5.74) is 6.18. The standard InChI is InChI=1S/C14H19N3O3S2/c1-7-8(2)21-12-10(7)13(19)17(5-6-20-4)14(16-12)22-9(3)11(15)18/h9H,5-6H2,1-4H3,(H2,15,18)/t9-/m1/s1. The van der Waals surface area contributed by atoms with Crippen LogP contribution in [0.4, 0.5) is 0 Å². The Labute approximate surface area is 136 Å². The number of aromatic nitrogens is 2. The van der Waals surface area contributed by atoms with Crippen LogP contribution in [0.15, 0.2) is 9.95 Å². The lowest BCUT2D eigenvalue weighted by atomic mass is 10.2. The number of fused-ring (bicyclic) bond motifs is 1. The number of thiophene rings is 1. The lowest BCUT2D eigenvalue weighted by Crippen LogP contribution is -2.28. The summed E-state index contributed by atoms with van der Waals surface area (Å²) in [5.74, 6) is -0.434. The van der Waals surface area contributed by atoms with Gasteiger partial charge in [0, 0.05) is 12.0 Å². The first-order chi connectivity index (χ1) is 10.4. The minimum atomic E-state index is -0.458. The molecular formula is C14H19N3O3S2. The molecule has 0 radical (unpaired) electrons. The van der Waals surface area contributed by atoms with Crippen LogP contribution in [0, 0.1) is 13.8 Å². The second kappa shape index (κ2) is 6.80. The number of hydrogen-bond acceptors (Lipinski definition) is 6. The zero-order chi connectivity index (χ0) is 16.4. The molecule has 22 heavy (non-hydrogen) atoms. The summed E-state index contributed by atoms with van der Waals surface area (Å²) in [4.78, 5) is 30.4. The van der Waals surface area contributed by atoms with E-state index in [9.17, 15) is 9.59 Å². The number of carbonyl (C=O) groups is 1. The number of aryl methyl sites for hydroxylation is 2. The topological polar surface area (TPSA) is 87.2 Å². The van der Waals surface area contributed by atoms with E-state index in [0.717, 1.165) is 10.4 Å². The van der Waals surface area contributed by atoms with Gasteiger partial charge in [0.05, 0.1) is 23.8 Å². The number of methoxy groups -OCH3 is 1. The summed E-state index contributed by atoms with van der Waals surface area (Å²) in [6.07, 6.45) is 0. The summed E-state index contributed by atoms with van der Waals surface area (Å²) in [7, 11) is 1.58. The summed E-state index contributed by atoms with van der Waals surface area (Å²) < 4.78 is 6.63. The van der Waals surface area contributed by atoms with Crippen molar-refractivity contribution in [3.63, 3.8) is 0 Å². The van der Waals surface area contributed by atoms with Crippen LogP contribution in [0.1, 0.15) is 17.4 Å². The number of thioether (sulfide) groups is 1. The predicted molar refractivity (Wildman–Crippen MR) is 89.7 cm³/mol. The van der Waals surface area contributed by atoms with Gasteiger partial charge >= 0.3 is 0 Å². The molecule has 0 bridgehead atoms. The van der Waals surface area contributed by atoms with E-state index in [1.54, 1.807) is 18.6 Å². The van der Waals surface area contributed by atoms with E-state index >= 15 is 0 Å². The molecule has 120 valence electrons. The summed E-state index contributed by atoms with van der Waals surface area (Å²) in [5, 5.41) is 0.692. The minimum absolute atomic E-state index is 0.0944. The van der Waals surface area contributed by atoms with E-state index in [2.05, 4.69) is 4.98 Å². The van der Waals surface area contributed by atoms with Gasteiger partial charge in [-0.25, -0.2) is 4.98 Å². The molecular weight excluding hydrogens is 322 g/mol. The Balaban J connectivity index is 2.61. The van der Waals surface area contributed by atoms with Gasteiger partial charge < -0.3 is 10.5 Å². The van der Waals surface area contributed by atoms with E-state index in [0.29, 0.717) is 28.5 Å². The predicted octanol–water partition coefficient (Wildman–Crippen LogP) is 1.69. The third-order valence-corrected chi connectivity index (χ3v) is 5.67. The van der Waals surface area contributed by atoms with Crippen LogP contribution in [-0.2, 0) is 16.1 Å². The smallest absolute Gasteiger partial charge is 0.263 e. The maximum absolute atomic E-state index is 12.8. The van der Waals surface area contributed by atoms with Crippen molar-refractivity contribution in [3.8, 4) is 0 Å². The van der Waals surface area contributed by atoms with Crippen LogP contribution < -0.4 is 11.3 Å². The first-order valence-corrected chi connectivity index (χ1v) is 8.51. The lowest BCUT2D eigenvalue weighted by molar-refractivity contribution is -0.117. The van der Waals surface area contributed by atoms with Gasteiger partial charge in [0.1, 0.15) is 4.83 Å². The Morgan fingerprint density at radius 2 is 2.18 bits per heavy atom. The number of amides is 1. The Morgan fingerprint density at radius 3 is 2.77 bits per heavy atom. The van der Waals surface area contributed by atoms with E-state index in [1.807, 2.05) is 13.8 Å². The van der Waals surface area contributed by atoms with Gasteiger partial charge in [0.15, 0.2) is 5.16 Å². The van der Waals surface area contributed by atoms with Crippen molar-refractivity contribution < 1.29 is 9.53 Å². The Morgan fingerprint density at radius 1 is 1.50 bits per heavy atom. The van der Waals surface area contributed by atoms with Gasteiger partial charge in [-0.05, 0) is 26.3 Å². The Hall–Kier alpha value is -1.38. The average Bonchev–Trinajstić information content (AvgIpc) is 2.73. The molecule has 1 atom stereocenters. The summed E-state index contributed by atoms with van der Waals surface area (Å²) >= 11 is 2.69. The molecule has 0 spiro atoms. The molecule has 8 heteroatoms. The number of ether oxygens (including phenoxy) is 1.